The molecule has 1 N–H and O–H groups in total. The van der Waals surface area contributed by atoms with Crippen LogP contribution in [-0.2, 0) is 0 Å². The molecule has 0 spiro atoms. The van der Waals surface area contributed by atoms with Gasteiger partial charge in [-0.1, -0.05) is 28.1 Å². The highest BCUT2D eigenvalue weighted by Gasteiger charge is 2.37. The minimum Gasteiger partial charge on any atom is -0.313 e. The Labute approximate surface area is 124 Å². The topological polar surface area (TPSA) is 15.3 Å². The molecule has 3 unspecified atom stereocenters. The number of rotatable bonds is 5. The summed E-state index contributed by atoms with van der Waals surface area (Å²) in [5.74, 6) is 1.00. The van der Waals surface area contributed by atoms with Crippen LogP contribution in [0.25, 0.3) is 0 Å². The molecule has 1 aliphatic carbocycles. The smallest absolute Gasteiger partial charge is 0.0330 e. The molecule has 1 aromatic carbocycles. The van der Waals surface area contributed by atoms with E-state index < -0.39 is 0 Å². The fourth-order valence-corrected chi connectivity index (χ4v) is 4.21. The van der Waals surface area contributed by atoms with Crippen LogP contribution in [0, 0.1) is 5.92 Å². The first kappa shape index (κ1) is 13.6. The van der Waals surface area contributed by atoms with E-state index >= 15 is 0 Å². The molecule has 19 heavy (non-hydrogen) atoms. The Bertz CT molecular complexity index is 435. The van der Waals surface area contributed by atoms with E-state index in [1.165, 1.54) is 48.8 Å². The second-order valence-electron chi connectivity index (χ2n) is 6.01. The molecule has 3 heteroatoms. The van der Waals surface area contributed by atoms with Gasteiger partial charge in [-0.05, 0) is 56.3 Å². The van der Waals surface area contributed by atoms with Crippen molar-refractivity contribution in [1.82, 2.24) is 10.2 Å². The van der Waals surface area contributed by atoms with Gasteiger partial charge < -0.3 is 10.2 Å². The second-order valence-corrected chi connectivity index (χ2v) is 6.93. The quantitative estimate of drug-likeness (QED) is 0.891. The number of halogens is 1. The number of fused-ring (bicyclic) bond motifs is 2. The maximum absolute atomic E-state index is 3.57. The summed E-state index contributed by atoms with van der Waals surface area (Å²) in [7, 11) is 2.07. The summed E-state index contributed by atoms with van der Waals surface area (Å²) in [6.07, 6.45) is 5.57. The van der Waals surface area contributed by atoms with Crippen molar-refractivity contribution in [3.05, 3.63) is 34.3 Å². The van der Waals surface area contributed by atoms with Gasteiger partial charge >= 0.3 is 0 Å². The maximum Gasteiger partial charge on any atom is 0.0330 e. The highest BCUT2D eigenvalue weighted by Crippen LogP contribution is 2.37. The fraction of sp³-hybridized carbons (Fsp3) is 0.625. The molecule has 2 aliphatic rings. The molecule has 0 radical (unpaired) electrons. The van der Waals surface area contributed by atoms with Gasteiger partial charge in [0.1, 0.15) is 0 Å². The first-order chi connectivity index (χ1) is 9.26. The SMILES string of the molecule is CNC(CCN1CC2CCC1C2)c1cccc(Br)c1. The number of hydrogen-bond acceptors (Lipinski definition) is 2. The average molecular weight is 323 g/mol. The number of nitrogens with one attached hydrogen (secondary N) is 1. The van der Waals surface area contributed by atoms with Gasteiger partial charge in [-0.2, -0.15) is 0 Å². The third-order valence-corrected chi connectivity index (χ3v) is 5.32. The lowest BCUT2D eigenvalue weighted by Gasteiger charge is -2.28. The zero-order chi connectivity index (χ0) is 13.2. The van der Waals surface area contributed by atoms with Gasteiger partial charge in [0.15, 0.2) is 0 Å². The molecule has 2 bridgehead atoms. The van der Waals surface area contributed by atoms with Crippen molar-refractivity contribution in [1.29, 1.82) is 0 Å². The number of hydrogen-bond donors (Lipinski definition) is 1. The maximum atomic E-state index is 3.57. The summed E-state index contributed by atoms with van der Waals surface area (Å²) in [4.78, 5) is 2.72. The molecule has 1 aromatic rings. The van der Waals surface area contributed by atoms with Gasteiger partial charge in [-0.25, -0.2) is 0 Å². The molecular weight excluding hydrogens is 300 g/mol. The van der Waals surface area contributed by atoms with Gasteiger partial charge in [0.05, 0.1) is 0 Å². The standard InChI is InChI=1S/C16H23BrN2/c1-18-16(13-3-2-4-14(17)10-13)7-8-19-11-12-5-6-15(19)9-12/h2-4,10,12,15-16,18H,5-9,11H2,1H3. The molecular formula is C16H23BrN2. The van der Waals surface area contributed by atoms with Crippen molar-refractivity contribution in [3.8, 4) is 0 Å². The van der Waals surface area contributed by atoms with Crippen LogP contribution in [0.3, 0.4) is 0 Å². The van der Waals surface area contributed by atoms with Gasteiger partial charge in [0.2, 0.25) is 0 Å². The van der Waals surface area contributed by atoms with Crippen LogP contribution in [0.15, 0.2) is 28.7 Å². The average Bonchev–Trinajstić information content (AvgIpc) is 3.02. The Morgan fingerprint density at radius 3 is 2.95 bits per heavy atom. The minimum absolute atomic E-state index is 0.469. The molecule has 1 aliphatic heterocycles. The minimum atomic E-state index is 0.469. The Morgan fingerprint density at radius 1 is 1.42 bits per heavy atom. The highest BCUT2D eigenvalue weighted by molar-refractivity contribution is 9.10. The van der Waals surface area contributed by atoms with Crippen molar-refractivity contribution in [2.24, 2.45) is 5.92 Å². The zero-order valence-corrected chi connectivity index (χ0v) is 13.2. The van der Waals surface area contributed by atoms with E-state index in [1.807, 2.05) is 0 Å². The lowest BCUT2D eigenvalue weighted by atomic mass is 10.0. The van der Waals surface area contributed by atoms with E-state index in [-0.39, 0.29) is 0 Å². The summed E-state index contributed by atoms with van der Waals surface area (Å²) in [5, 5.41) is 3.47. The van der Waals surface area contributed by atoms with Gasteiger partial charge in [-0.3, -0.25) is 0 Å². The Kier molecular flexibility index (Phi) is 4.25. The summed E-state index contributed by atoms with van der Waals surface area (Å²) >= 11 is 3.57. The summed E-state index contributed by atoms with van der Waals surface area (Å²) in [5.41, 5.74) is 1.39. The highest BCUT2D eigenvalue weighted by atomic mass is 79.9. The number of benzene rings is 1. The number of piperidine rings is 1. The van der Waals surface area contributed by atoms with Crippen molar-refractivity contribution in [2.45, 2.75) is 37.8 Å². The van der Waals surface area contributed by atoms with Gasteiger partial charge in [-0.15, -0.1) is 0 Å². The molecule has 1 saturated heterocycles. The summed E-state index contributed by atoms with van der Waals surface area (Å²) in [6.45, 7) is 2.58. The molecule has 104 valence electrons. The Hall–Kier alpha value is -0.380. The van der Waals surface area contributed by atoms with E-state index in [4.69, 9.17) is 0 Å². The Balaban J connectivity index is 1.58. The monoisotopic (exact) mass is 322 g/mol. The van der Waals surface area contributed by atoms with Crippen molar-refractivity contribution >= 4 is 15.9 Å². The lowest BCUT2D eigenvalue weighted by molar-refractivity contribution is 0.203. The third-order valence-electron chi connectivity index (χ3n) is 4.83. The van der Waals surface area contributed by atoms with Crippen LogP contribution in [0.1, 0.15) is 37.3 Å². The van der Waals surface area contributed by atoms with Gasteiger partial charge in [0.25, 0.3) is 0 Å². The van der Waals surface area contributed by atoms with Crippen molar-refractivity contribution < 1.29 is 0 Å². The molecule has 0 amide bonds. The van der Waals surface area contributed by atoms with Gasteiger partial charge in [0, 0.05) is 29.6 Å². The molecule has 2 fully saturated rings. The second kappa shape index (κ2) is 5.94. The van der Waals surface area contributed by atoms with Crippen LogP contribution in [0.2, 0.25) is 0 Å². The van der Waals surface area contributed by atoms with Crippen LogP contribution in [0.4, 0.5) is 0 Å². The molecule has 0 aromatic heterocycles. The zero-order valence-electron chi connectivity index (χ0n) is 11.6. The van der Waals surface area contributed by atoms with E-state index in [2.05, 4.69) is 57.5 Å². The lowest BCUT2D eigenvalue weighted by Crippen LogP contribution is -2.34. The van der Waals surface area contributed by atoms with Crippen molar-refractivity contribution in [3.63, 3.8) is 0 Å². The molecule has 1 saturated carbocycles. The van der Waals surface area contributed by atoms with E-state index in [9.17, 15) is 0 Å². The van der Waals surface area contributed by atoms with Crippen LogP contribution >= 0.6 is 15.9 Å². The molecule has 2 nitrogen and oxygen atoms in total. The van der Waals surface area contributed by atoms with E-state index in [0.717, 1.165) is 12.0 Å². The molecule has 3 rings (SSSR count). The third kappa shape index (κ3) is 3.04. The van der Waals surface area contributed by atoms with Crippen LogP contribution in [0.5, 0.6) is 0 Å². The predicted octanol–water partition coefficient (Wildman–Crippen LogP) is 3.58. The first-order valence-electron chi connectivity index (χ1n) is 7.43. The van der Waals surface area contributed by atoms with Crippen LogP contribution in [-0.4, -0.2) is 31.1 Å². The largest absolute Gasteiger partial charge is 0.313 e. The van der Waals surface area contributed by atoms with Crippen LogP contribution < -0.4 is 5.32 Å². The number of likely N-dealkylation sites (tertiary alicyclic amines) is 1. The summed E-state index contributed by atoms with van der Waals surface area (Å²) in [6, 6.07) is 10.0. The fourth-order valence-electron chi connectivity index (χ4n) is 3.80. The number of nitrogens with zero attached hydrogens (tertiary/aromatic N) is 1. The Morgan fingerprint density at radius 2 is 2.32 bits per heavy atom. The van der Waals surface area contributed by atoms with Crippen molar-refractivity contribution in [2.75, 3.05) is 20.1 Å². The molecule has 3 atom stereocenters. The predicted molar refractivity (Wildman–Crippen MR) is 83.3 cm³/mol. The van der Waals surface area contributed by atoms with E-state index in [1.54, 1.807) is 0 Å². The first-order valence-corrected chi connectivity index (χ1v) is 8.22. The summed E-state index contributed by atoms with van der Waals surface area (Å²) < 4.78 is 1.17. The van der Waals surface area contributed by atoms with E-state index in [0.29, 0.717) is 6.04 Å². The molecule has 1 heterocycles. The normalized spacial score (nSPS) is 27.9.